The van der Waals surface area contributed by atoms with Gasteiger partial charge in [-0.05, 0) is 17.9 Å². The Morgan fingerprint density at radius 2 is 2.42 bits per heavy atom. The first-order chi connectivity index (χ1) is 5.72. The van der Waals surface area contributed by atoms with E-state index in [1.54, 1.807) is 0 Å². The van der Waals surface area contributed by atoms with Crippen LogP contribution in [0.2, 0.25) is 0 Å². The van der Waals surface area contributed by atoms with Gasteiger partial charge in [0.1, 0.15) is 5.78 Å². The molecule has 1 aliphatic rings. The average molecular weight is 187 g/mol. The van der Waals surface area contributed by atoms with E-state index in [0.29, 0.717) is 18.2 Å². The fraction of sp³-hybridized carbons (Fsp3) is 0.889. The molecule has 0 aliphatic carbocycles. The molecule has 0 N–H and O–H groups in total. The first-order valence-corrected chi connectivity index (χ1v) is 5.84. The Bertz CT molecular complexity index is 161. The van der Waals surface area contributed by atoms with Crippen LogP contribution in [0.5, 0.6) is 0 Å². The topological polar surface area (TPSA) is 20.3 Å². The molecular formula is C9H17NOS. The fourth-order valence-corrected chi connectivity index (χ4v) is 2.30. The SMILES string of the molecule is CSCC(C)CN1CCC(=O)C1. The number of Topliss-reactive ketones (excluding diaryl/α,β-unsaturated/α-hetero) is 1. The highest BCUT2D eigenvalue weighted by Crippen LogP contribution is 2.10. The molecule has 0 spiro atoms. The summed E-state index contributed by atoms with van der Waals surface area (Å²) in [4.78, 5) is 13.2. The molecule has 70 valence electrons. The zero-order valence-corrected chi connectivity index (χ0v) is 8.69. The maximum absolute atomic E-state index is 10.9. The maximum Gasteiger partial charge on any atom is 0.148 e. The van der Waals surface area contributed by atoms with E-state index in [9.17, 15) is 4.79 Å². The van der Waals surface area contributed by atoms with Crippen LogP contribution in [0.3, 0.4) is 0 Å². The average Bonchev–Trinajstić information content (AvgIpc) is 2.36. The Balaban J connectivity index is 2.18. The van der Waals surface area contributed by atoms with Gasteiger partial charge in [-0.25, -0.2) is 0 Å². The lowest BCUT2D eigenvalue weighted by atomic mass is 10.2. The predicted octanol–water partition coefficient (Wildman–Crippen LogP) is 1.26. The number of ketones is 1. The molecule has 0 aromatic carbocycles. The monoisotopic (exact) mass is 187 g/mol. The predicted molar refractivity (Wildman–Crippen MR) is 53.6 cm³/mol. The molecule has 3 heteroatoms. The number of rotatable bonds is 4. The second kappa shape index (κ2) is 4.87. The Morgan fingerprint density at radius 1 is 1.67 bits per heavy atom. The molecule has 0 aromatic heterocycles. The third-order valence-electron chi connectivity index (χ3n) is 2.13. The van der Waals surface area contributed by atoms with E-state index >= 15 is 0 Å². The van der Waals surface area contributed by atoms with Crippen molar-refractivity contribution in [3.8, 4) is 0 Å². The van der Waals surface area contributed by atoms with Gasteiger partial charge in [-0.1, -0.05) is 6.92 Å². The van der Waals surface area contributed by atoms with Crippen LogP contribution >= 0.6 is 11.8 Å². The van der Waals surface area contributed by atoms with E-state index in [4.69, 9.17) is 0 Å². The summed E-state index contributed by atoms with van der Waals surface area (Å²) in [5.41, 5.74) is 0. The first-order valence-electron chi connectivity index (χ1n) is 4.45. The summed E-state index contributed by atoms with van der Waals surface area (Å²) in [5.74, 6) is 2.32. The van der Waals surface area contributed by atoms with Gasteiger partial charge < -0.3 is 0 Å². The van der Waals surface area contributed by atoms with Crippen molar-refractivity contribution in [3.63, 3.8) is 0 Å². The Labute approximate surface area is 78.7 Å². The largest absolute Gasteiger partial charge is 0.298 e. The van der Waals surface area contributed by atoms with Crippen molar-refractivity contribution in [1.82, 2.24) is 4.90 Å². The summed E-state index contributed by atoms with van der Waals surface area (Å²) in [6.07, 6.45) is 2.90. The van der Waals surface area contributed by atoms with Gasteiger partial charge in [0.25, 0.3) is 0 Å². The molecule has 2 nitrogen and oxygen atoms in total. The summed E-state index contributed by atoms with van der Waals surface area (Å²) < 4.78 is 0. The maximum atomic E-state index is 10.9. The molecule has 0 bridgehead atoms. The lowest BCUT2D eigenvalue weighted by Gasteiger charge is -2.18. The molecule has 0 amide bonds. The number of likely N-dealkylation sites (tertiary alicyclic amines) is 1. The highest BCUT2D eigenvalue weighted by molar-refractivity contribution is 7.98. The summed E-state index contributed by atoms with van der Waals surface area (Å²) in [5, 5.41) is 0. The van der Waals surface area contributed by atoms with Gasteiger partial charge in [-0.3, -0.25) is 9.69 Å². The third-order valence-corrected chi connectivity index (χ3v) is 3.03. The Hall–Kier alpha value is -0.0200. The summed E-state index contributed by atoms with van der Waals surface area (Å²) in [6, 6.07) is 0. The molecule has 0 aromatic rings. The normalized spacial score (nSPS) is 21.7. The molecule has 1 atom stereocenters. The summed E-state index contributed by atoms with van der Waals surface area (Å²) in [7, 11) is 0. The Kier molecular flexibility index (Phi) is 4.09. The number of carbonyl (C=O) groups is 1. The smallest absolute Gasteiger partial charge is 0.148 e. The van der Waals surface area contributed by atoms with Crippen molar-refractivity contribution in [2.75, 3.05) is 31.6 Å². The summed E-state index contributed by atoms with van der Waals surface area (Å²) >= 11 is 1.88. The fourth-order valence-electron chi connectivity index (χ4n) is 1.62. The highest BCUT2D eigenvalue weighted by atomic mass is 32.2. The second-order valence-electron chi connectivity index (χ2n) is 3.58. The number of carbonyl (C=O) groups excluding carboxylic acids is 1. The van der Waals surface area contributed by atoms with E-state index < -0.39 is 0 Å². The van der Waals surface area contributed by atoms with Crippen LogP contribution in [0, 0.1) is 5.92 Å². The van der Waals surface area contributed by atoms with Gasteiger partial charge in [0, 0.05) is 19.5 Å². The van der Waals surface area contributed by atoms with Gasteiger partial charge in [0.05, 0.1) is 6.54 Å². The van der Waals surface area contributed by atoms with Gasteiger partial charge in [0.15, 0.2) is 0 Å². The van der Waals surface area contributed by atoms with Crippen LogP contribution < -0.4 is 0 Å². The van der Waals surface area contributed by atoms with Crippen LogP contribution in [-0.2, 0) is 4.79 Å². The van der Waals surface area contributed by atoms with Gasteiger partial charge >= 0.3 is 0 Å². The Morgan fingerprint density at radius 3 is 2.92 bits per heavy atom. The molecule has 1 heterocycles. The molecule has 1 unspecified atom stereocenters. The van der Waals surface area contributed by atoms with Crippen molar-refractivity contribution >= 4 is 17.5 Å². The highest BCUT2D eigenvalue weighted by Gasteiger charge is 2.20. The molecule has 0 saturated carbocycles. The van der Waals surface area contributed by atoms with Gasteiger partial charge in [-0.2, -0.15) is 11.8 Å². The zero-order chi connectivity index (χ0) is 8.97. The van der Waals surface area contributed by atoms with Crippen molar-refractivity contribution in [3.05, 3.63) is 0 Å². The van der Waals surface area contributed by atoms with Gasteiger partial charge in [0.2, 0.25) is 0 Å². The van der Waals surface area contributed by atoms with Crippen LogP contribution in [0.1, 0.15) is 13.3 Å². The van der Waals surface area contributed by atoms with E-state index in [1.807, 2.05) is 11.8 Å². The van der Waals surface area contributed by atoms with Crippen molar-refractivity contribution in [2.24, 2.45) is 5.92 Å². The minimum absolute atomic E-state index is 0.409. The van der Waals surface area contributed by atoms with E-state index in [-0.39, 0.29) is 0 Å². The van der Waals surface area contributed by atoms with Crippen LogP contribution in [0.15, 0.2) is 0 Å². The zero-order valence-electron chi connectivity index (χ0n) is 7.88. The molecule has 0 radical (unpaired) electrons. The first kappa shape index (κ1) is 10.1. The second-order valence-corrected chi connectivity index (χ2v) is 4.49. The van der Waals surface area contributed by atoms with Crippen LogP contribution in [-0.4, -0.2) is 42.3 Å². The third kappa shape index (κ3) is 3.15. The molecular weight excluding hydrogens is 170 g/mol. The summed E-state index contributed by atoms with van der Waals surface area (Å²) in [6.45, 7) is 5.02. The number of hydrogen-bond donors (Lipinski definition) is 0. The quantitative estimate of drug-likeness (QED) is 0.661. The lowest BCUT2D eigenvalue weighted by molar-refractivity contribution is -0.116. The van der Waals surface area contributed by atoms with Crippen molar-refractivity contribution in [2.45, 2.75) is 13.3 Å². The molecule has 1 saturated heterocycles. The van der Waals surface area contributed by atoms with Crippen molar-refractivity contribution < 1.29 is 4.79 Å². The minimum atomic E-state index is 0.409. The van der Waals surface area contributed by atoms with Crippen molar-refractivity contribution in [1.29, 1.82) is 0 Å². The number of thioether (sulfide) groups is 1. The molecule has 1 aliphatic heterocycles. The van der Waals surface area contributed by atoms with E-state index in [0.717, 1.165) is 19.5 Å². The molecule has 1 fully saturated rings. The van der Waals surface area contributed by atoms with Crippen LogP contribution in [0.25, 0.3) is 0 Å². The molecule has 12 heavy (non-hydrogen) atoms. The van der Waals surface area contributed by atoms with Gasteiger partial charge in [-0.15, -0.1) is 0 Å². The number of nitrogens with zero attached hydrogens (tertiary/aromatic N) is 1. The standard InChI is InChI=1S/C9H17NOS/c1-8(7-12-2)5-10-4-3-9(11)6-10/h8H,3-7H2,1-2H3. The number of hydrogen-bond acceptors (Lipinski definition) is 3. The van der Waals surface area contributed by atoms with E-state index in [2.05, 4.69) is 18.1 Å². The van der Waals surface area contributed by atoms with Crippen LogP contribution in [0.4, 0.5) is 0 Å². The minimum Gasteiger partial charge on any atom is -0.298 e. The lowest BCUT2D eigenvalue weighted by Crippen LogP contribution is -2.27. The molecule has 1 rings (SSSR count). The van der Waals surface area contributed by atoms with E-state index in [1.165, 1.54) is 5.75 Å².